The molecule has 1 aromatic carbocycles. The van der Waals surface area contributed by atoms with Crippen LogP contribution in [0.4, 0.5) is 13.6 Å². The molecule has 1 saturated heterocycles. The van der Waals surface area contributed by atoms with E-state index in [1.54, 1.807) is 13.8 Å². The fraction of sp³-hybridized carbons (Fsp3) is 0.579. The zero-order chi connectivity index (χ0) is 19.1. The van der Waals surface area contributed by atoms with Crippen molar-refractivity contribution < 1.29 is 18.4 Å². The van der Waals surface area contributed by atoms with Gasteiger partial charge in [-0.15, -0.1) is 0 Å². The van der Waals surface area contributed by atoms with E-state index in [4.69, 9.17) is 0 Å². The fourth-order valence-electron chi connectivity index (χ4n) is 3.96. The number of carbonyl (C=O) groups excluding carboxylic acids is 2. The van der Waals surface area contributed by atoms with Gasteiger partial charge < -0.3 is 4.90 Å². The topological polar surface area (TPSA) is 40.6 Å². The van der Waals surface area contributed by atoms with Crippen molar-refractivity contribution in [2.45, 2.75) is 59.7 Å². The number of hydrogen-bond acceptors (Lipinski definition) is 2. The normalized spacial score (nSPS) is 17.6. The molecule has 25 heavy (non-hydrogen) atoms. The van der Waals surface area contributed by atoms with Crippen molar-refractivity contribution in [2.24, 2.45) is 11.8 Å². The molecule has 0 N–H and O–H groups in total. The lowest BCUT2D eigenvalue weighted by molar-refractivity contribution is -0.139. The van der Waals surface area contributed by atoms with Crippen LogP contribution in [0.25, 0.3) is 0 Å². The summed E-state index contributed by atoms with van der Waals surface area (Å²) in [4.78, 5) is 28.8. The molecule has 0 saturated carbocycles. The van der Waals surface area contributed by atoms with Gasteiger partial charge in [-0.2, -0.15) is 0 Å². The first-order valence-corrected chi connectivity index (χ1v) is 8.64. The van der Waals surface area contributed by atoms with E-state index in [-0.39, 0.29) is 35.9 Å². The Hall–Kier alpha value is -1.98. The van der Waals surface area contributed by atoms with Crippen LogP contribution in [0.3, 0.4) is 0 Å². The number of benzene rings is 1. The minimum Gasteiger partial charge on any atom is -0.304 e. The van der Waals surface area contributed by atoms with Gasteiger partial charge in [0.1, 0.15) is 17.2 Å². The number of imide groups is 1. The van der Waals surface area contributed by atoms with Crippen LogP contribution in [0.5, 0.6) is 0 Å². The number of urea groups is 1. The SMILES string of the molecule is CC(C)N1C(=O)N(Cc2c(F)cccc2F)C(C(C)C)(C(C)C)C1=O. The summed E-state index contributed by atoms with van der Waals surface area (Å²) in [7, 11) is 0. The minimum atomic E-state index is -1.13. The molecule has 0 bridgehead atoms. The van der Waals surface area contributed by atoms with Gasteiger partial charge in [-0.1, -0.05) is 33.8 Å². The smallest absolute Gasteiger partial charge is 0.304 e. The standard InChI is InChI=1S/C19H26F2N2O2/c1-11(2)19(12(3)4)17(24)23(13(5)6)18(25)22(19)10-14-15(20)8-7-9-16(14)21/h7-9,11-13H,10H2,1-6H3. The molecule has 138 valence electrons. The maximum Gasteiger partial charge on any atom is 0.328 e. The van der Waals surface area contributed by atoms with E-state index in [2.05, 4.69) is 0 Å². The van der Waals surface area contributed by atoms with Crippen molar-refractivity contribution in [1.29, 1.82) is 0 Å². The van der Waals surface area contributed by atoms with E-state index in [9.17, 15) is 18.4 Å². The van der Waals surface area contributed by atoms with Crippen molar-refractivity contribution in [2.75, 3.05) is 0 Å². The highest BCUT2D eigenvalue weighted by Gasteiger charge is 2.61. The Labute approximate surface area is 147 Å². The number of carbonyl (C=O) groups is 2. The molecule has 1 heterocycles. The summed E-state index contributed by atoms with van der Waals surface area (Å²) in [5.41, 5.74) is -1.32. The first kappa shape index (κ1) is 19.3. The molecule has 0 radical (unpaired) electrons. The summed E-state index contributed by atoms with van der Waals surface area (Å²) in [6, 6.07) is 2.78. The zero-order valence-corrected chi connectivity index (χ0v) is 15.6. The Bertz CT molecular complexity index is 658. The predicted octanol–water partition coefficient (Wildman–Crippen LogP) is 4.19. The van der Waals surface area contributed by atoms with Crippen LogP contribution in [-0.2, 0) is 11.3 Å². The summed E-state index contributed by atoms with van der Waals surface area (Å²) in [6.45, 7) is 10.7. The van der Waals surface area contributed by atoms with Gasteiger partial charge in [0.15, 0.2) is 0 Å². The van der Waals surface area contributed by atoms with Gasteiger partial charge in [0.25, 0.3) is 5.91 Å². The lowest BCUT2D eigenvalue weighted by Gasteiger charge is -2.42. The van der Waals surface area contributed by atoms with E-state index in [0.29, 0.717) is 0 Å². The largest absolute Gasteiger partial charge is 0.328 e. The second-order valence-corrected chi connectivity index (χ2v) is 7.47. The van der Waals surface area contributed by atoms with E-state index in [0.717, 1.165) is 12.1 Å². The van der Waals surface area contributed by atoms with Gasteiger partial charge in [0, 0.05) is 11.6 Å². The molecule has 6 heteroatoms. The molecule has 3 amide bonds. The minimum absolute atomic E-state index is 0.195. The third-order valence-corrected chi connectivity index (χ3v) is 5.10. The molecule has 0 aromatic heterocycles. The van der Waals surface area contributed by atoms with Crippen LogP contribution in [0.1, 0.15) is 47.1 Å². The quantitative estimate of drug-likeness (QED) is 0.746. The monoisotopic (exact) mass is 352 g/mol. The van der Waals surface area contributed by atoms with Crippen molar-refractivity contribution in [3.05, 3.63) is 35.4 Å². The Balaban J connectivity index is 2.62. The Morgan fingerprint density at radius 2 is 1.44 bits per heavy atom. The predicted molar refractivity (Wildman–Crippen MR) is 91.7 cm³/mol. The van der Waals surface area contributed by atoms with E-state index in [1.165, 1.54) is 15.9 Å². The first-order valence-electron chi connectivity index (χ1n) is 8.64. The first-order chi connectivity index (χ1) is 11.6. The Morgan fingerprint density at radius 3 is 1.84 bits per heavy atom. The third-order valence-electron chi connectivity index (χ3n) is 5.10. The van der Waals surface area contributed by atoms with Gasteiger partial charge in [-0.25, -0.2) is 13.6 Å². The van der Waals surface area contributed by atoms with Gasteiger partial charge >= 0.3 is 6.03 Å². The van der Waals surface area contributed by atoms with Gasteiger partial charge in [-0.3, -0.25) is 9.69 Å². The Kier molecular flexibility index (Phi) is 5.21. The second-order valence-electron chi connectivity index (χ2n) is 7.47. The van der Waals surface area contributed by atoms with Crippen molar-refractivity contribution >= 4 is 11.9 Å². The van der Waals surface area contributed by atoms with E-state index < -0.39 is 23.2 Å². The molecule has 1 aromatic rings. The molecule has 1 fully saturated rings. The van der Waals surface area contributed by atoms with Crippen LogP contribution >= 0.6 is 0 Å². The maximum absolute atomic E-state index is 14.2. The number of nitrogens with zero attached hydrogens (tertiary/aromatic N) is 2. The highest BCUT2D eigenvalue weighted by atomic mass is 19.1. The molecule has 2 rings (SSSR count). The summed E-state index contributed by atoms with van der Waals surface area (Å²) in [5.74, 6) is -2.14. The molecular weight excluding hydrogens is 326 g/mol. The van der Waals surface area contributed by atoms with Crippen molar-refractivity contribution in [3.8, 4) is 0 Å². The highest BCUT2D eigenvalue weighted by Crippen LogP contribution is 2.42. The molecular formula is C19H26F2N2O2. The molecule has 0 atom stereocenters. The van der Waals surface area contributed by atoms with Gasteiger partial charge in [0.2, 0.25) is 0 Å². The average molecular weight is 352 g/mol. The molecule has 1 aliphatic rings. The number of hydrogen-bond donors (Lipinski definition) is 0. The fourth-order valence-corrected chi connectivity index (χ4v) is 3.96. The van der Waals surface area contributed by atoms with Crippen LogP contribution in [0, 0.1) is 23.5 Å². The van der Waals surface area contributed by atoms with Crippen LogP contribution in [0.2, 0.25) is 0 Å². The average Bonchev–Trinajstić information content (AvgIpc) is 2.71. The maximum atomic E-state index is 14.2. The van der Waals surface area contributed by atoms with Crippen molar-refractivity contribution in [1.82, 2.24) is 9.80 Å². The number of halogens is 2. The van der Waals surface area contributed by atoms with Crippen LogP contribution < -0.4 is 0 Å². The van der Waals surface area contributed by atoms with E-state index in [1.807, 2.05) is 27.7 Å². The number of rotatable bonds is 5. The third kappa shape index (κ3) is 2.81. The molecule has 0 aliphatic carbocycles. The van der Waals surface area contributed by atoms with Gasteiger partial charge in [0.05, 0.1) is 6.54 Å². The molecule has 4 nitrogen and oxygen atoms in total. The summed E-state index contributed by atoms with van der Waals surface area (Å²) in [5, 5.41) is 0. The van der Waals surface area contributed by atoms with Crippen LogP contribution in [-0.4, -0.2) is 33.3 Å². The van der Waals surface area contributed by atoms with Gasteiger partial charge in [-0.05, 0) is 37.8 Å². The lowest BCUT2D eigenvalue weighted by atomic mass is 9.75. The Morgan fingerprint density at radius 1 is 0.960 bits per heavy atom. The summed E-state index contributed by atoms with van der Waals surface area (Å²) >= 11 is 0. The zero-order valence-electron chi connectivity index (χ0n) is 15.6. The second kappa shape index (κ2) is 6.73. The van der Waals surface area contributed by atoms with E-state index >= 15 is 0 Å². The summed E-state index contributed by atoms with van der Waals surface area (Å²) in [6.07, 6.45) is 0. The number of amides is 3. The highest BCUT2D eigenvalue weighted by molar-refractivity contribution is 6.07. The summed E-state index contributed by atoms with van der Waals surface area (Å²) < 4.78 is 28.3. The molecule has 1 aliphatic heterocycles. The molecule has 0 spiro atoms. The van der Waals surface area contributed by atoms with Crippen molar-refractivity contribution in [3.63, 3.8) is 0 Å². The van der Waals surface area contributed by atoms with Crippen LogP contribution in [0.15, 0.2) is 18.2 Å². The molecule has 0 unspecified atom stereocenters. The lowest BCUT2D eigenvalue weighted by Crippen LogP contribution is -2.57.